The molecule has 524 valence electrons. The number of esters is 6. The molecule has 4 saturated heterocycles. The van der Waals surface area contributed by atoms with E-state index in [2.05, 4.69) is 30.3 Å². The summed E-state index contributed by atoms with van der Waals surface area (Å²) in [6, 6.07) is 23.9. The molecule has 0 amide bonds. The largest absolute Gasteiger partial charge is 0.464 e. The third-order valence-corrected chi connectivity index (χ3v) is 19.1. The Kier molecular flexibility index (Phi) is 24.2. The minimum atomic E-state index is -4.54. The summed E-state index contributed by atoms with van der Waals surface area (Å²) in [4.78, 5) is 83.2. The normalized spacial score (nSPS) is 24.3. The molecule has 8 heterocycles. The number of nitrogens with zero attached hydrogens (tertiary/aromatic N) is 8. The predicted molar refractivity (Wildman–Crippen MR) is 337 cm³/mol. The second-order valence-corrected chi connectivity index (χ2v) is 26.5. The van der Waals surface area contributed by atoms with Crippen LogP contribution in [0, 0.1) is 34.5 Å². The van der Waals surface area contributed by atoms with Crippen molar-refractivity contribution < 1.29 is 103 Å². The quantitative estimate of drug-likeness (QED) is 0.0303. The number of fused-ring (bicyclic) bond motifs is 2. The van der Waals surface area contributed by atoms with Crippen molar-refractivity contribution in [3.8, 4) is 23.6 Å². The molecular weight excluding hydrogens is 1330 g/mol. The lowest BCUT2D eigenvalue weighted by molar-refractivity contribution is -0.166. The van der Waals surface area contributed by atoms with E-state index in [1.54, 1.807) is 60.7 Å². The highest BCUT2D eigenvalue weighted by Gasteiger charge is 2.64. The SMILES string of the molecule is CC(=O)O[C@H]1[C@H](c2ccc3c(N)ncnn23)O[C@](C#N)(CO[P@@](=O)(N[C@@H](C)C(=O)OCC2CCOCC2)Oc2ccccc2)[C@H]1OC(C)=O.CC(=O)O[C@H]1[C@H](c2ccc3c(N)ncnn23)O[C@](C#N)(CO[P@](=O)(N[C@@H](C)C(=O)OCC2CCOCC2)Oc2ccccc2)[C@H]1OC(C)=O. The average molecular weight is 1400 g/mol. The Morgan fingerprint density at radius 1 is 0.571 bits per heavy atom. The molecule has 4 aliphatic heterocycles. The molecule has 2 aromatic carbocycles. The van der Waals surface area contributed by atoms with Crippen molar-refractivity contribution in [1.82, 2.24) is 39.4 Å². The summed E-state index contributed by atoms with van der Waals surface area (Å²) < 4.78 is 111. The number of anilines is 2. The fourth-order valence-corrected chi connectivity index (χ4v) is 14.1. The first-order valence-electron chi connectivity index (χ1n) is 30.9. The lowest BCUT2D eigenvalue weighted by Gasteiger charge is -2.30. The second-order valence-electron chi connectivity index (χ2n) is 23.1. The lowest BCUT2D eigenvalue weighted by atomic mass is 9.95. The number of nitrogens with one attached hydrogen (secondary N) is 2. The minimum absolute atomic E-state index is 0.114. The van der Waals surface area contributed by atoms with Gasteiger partial charge in [0.1, 0.15) is 84.8 Å². The number of para-hydroxylation sites is 2. The molecule has 0 bridgehead atoms. The minimum Gasteiger partial charge on any atom is -0.464 e. The van der Waals surface area contributed by atoms with Crippen molar-refractivity contribution in [2.24, 2.45) is 11.8 Å². The molecular formula is C62H74N12O22P2. The van der Waals surface area contributed by atoms with Crippen molar-refractivity contribution in [1.29, 1.82) is 10.5 Å². The smallest absolute Gasteiger partial charge is 0.459 e. The van der Waals surface area contributed by atoms with Crippen LogP contribution in [0.4, 0.5) is 11.6 Å². The molecule has 0 radical (unpaired) electrons. The van der Waals surface area contributed by atoms with Gasteiger partial charge >= 0.3 is 51.3 Å². The average Bonchev–Trinajstić information content (AvgIpc) is 1.59. The maximum absolute atomic E-state index is 14.4. The fourth-order valence-electron chi connectivity index (χ4n) is 11.0. The van der Waals surface area contributed by atoms with Gasteiger partial charge in [-0.2, -0.15) is 30.9 Å². The van der Waals surface area contributed by atoms with Gasteiger partial charge in [-0.15, -0.1) is 0 Å². The van der Waals surface area contributed by atoms with E-state index in [0.29, 0.717) is 37.5 Å². The van der Waals surface area contributed by atoms with Gasteiger partial charge in [0.05, 0.1) is 24.6 Å². The summed E-state index contributed by atoms with van der Waals surface area (Å²) >= 11 is 0. The summed E-state index contributed by atoms with van der Waals surface area (Å²) in [5, 5.41) is 34.8. The highest BCUT2D eigenvalue weighted by atomic mass is 31.2. The molecule has 0 spiro atoms. The standard InChI is InChI=1S/2C31H37N6O11P/c2*1-19(30(40)43-15-22-11-13-42-14-12-22)36-49(41,48-23-7-5-4-6-8-23)44-17-31(16-32)28(46-21(3)39)27(45-20(2)38)26(47-31)24-9-10-25-29(33)34-18-35-37(24)25/h2*4-10,18-19,22,26-28H,11-15,17H2,1-3H3,(H,36,41)(H2,33,34,35)/t19-,26-,27-,28-,31+,49+;19-,26-,27-,28-,31+,49-/m00/s1. The first-order valence-corrected chi connectivity index (χ1v) is 34.0. The lowest BCUT2D eigenvalue weighted by Crippen LogP contribution is -2.49. The summed E-state index contributed by atoms with van der Waals surface area (Å²) in [6.45, 7) is 8.19. The summed E-state index contributed by atoms with van der Waals surface area (Å²) in [7, 11) is -9.08. The number of hydrogen-bond acceptors (Lipinski definition) is 30. The van der Waals surface area contributed by atoms with Crippen LogP contribution in [0.2, 0.25) is 0 Å². The van der Waals surface area contributed by atoms with E-state index in [4.69, 9.17) is 76.9 Å². The van der Waals surface area contributed by atoms with Crippen LogP contribution in [0.3, 0.4) is 0 Å². The van der Waals surface area contributed by atoms with Gasteiger partial charge in [0.15, 0.2) is 36.1 Å². The van der Waals surface area contributed by atoms with Crippen molar-refractivity contribution in [3.63, 3.8) is 0 Å². The molecule has 6 aromatic rings. The number of carbonyl (C=O) groups is 6. The third kappa shape index (κ3) is 17.9. The Balaban J connectivity index is 0.000000229. The van der Waals surface area contributed by atoms with Crippen molar-refractivity contribution in [2.45, 2.75) is 127 Å². The fraction of sp³-hybridized carbons (Fsp3) is 0.484. The Bertz CT molecular complexity index is 3740. The zero-order chi connectivity index (χ0) is 70.4. The first kappa shape index (κ1) is 73.1. The molecule has 98 heavy (non-hydrogen) atoms. The van der Waals surface area contributed by atoms with E-state index in [-0.39, 0.29) is 59.6 Å². The van der Waals surface area contributed by atoms with Gasteiger partial charge in [-0.3, -0.25) is 37.8 Å². The van der Waals surface area contributed by atoms with E-state index in [1.165, 1.54) is 59.8 Å². The van der Waals surface area contributed by atoms with Crippen LogP contribution in [-0.2, 0) is 94.3 Å². The Morgan fingerprint density at radius 3 is 1.27 bits per heavy atom. The van der Waals surface area contributed by atoms with Gasteiger partial charge in [0, 0.05) is 54.1 Å². The van der Waals surface area contributed by atoms with Gasteiger partial charge in [0.2, 0.25) is 11.2 Å². The van der Waals surface area contributed by atoms with Crippen LogP contribution in [-0.4, -0.2) is 166 Å². The van der Waals surface area contributed by atoms with E-state index >= 15 is 0 Å². The molecule has 0 aliphatic carbocycles. The van der Waals surface area contributed by atoms with E-state index in [0.717, 1.165) is 53.4 Å². The molecule has 6 N–H and O–H groups in total. The van der Waals surface area contributed by atoms with E-state index in [1.807, 2.05) is 12.1 Å². The summed E-state index contributed by atoms with van der Waals surface area (Å²) in [6.07, 6.45) is -3.18. The number of nitrogen functional groups attached to an aromatic ring is 2. The summed E-state index contributed by atoms with van der Waals surface area (Å²) in [5.74, 6) is -3.88. The Morgan fingerprint density at radius 2 is 0.929 bits per heavy atom. The van der Waals surface area contributed by atoms with Crippen LogP contribution in [0.5, 0.6) is 11.5 Å². The topological polar surface area (TPSA) is 450 Å². The summed E-state index contributed by atoms with van der Waals surface area (Å²) in [5.41, 5.74) is 8.86. The second kappa shape index (κ2) is 32.5. The van der Waals surface area contributed by atoms with Gasteiger partial charge in [0.25, 0.3) is 0 Å². The van der Waals surface area contributed by atoms with Crippen LogP contribution in [0.25, 0.3) is 11.0 Å². The number of aromatic nitrogens is 6. The van der Waals surface area contributed by atoms with Crippen LogP contribution >= 0.6 is 15.5 Å². The van der Waals surface area contributed by atoms with Gasteiger partial charge in [-0.25, -0.2) is 28.1 Å². The van der Waals surface area contributed by atoms with Crippen molar-refractivity contribution in [2.75, 3.05) is 64.3 Å². The number of benzene rings is 2. The van der Waals surface area contributed by atoms with Gasteiger partial charge in [-0.1, -0.05) is 36.4 Å². The zero-order valence-corrected chi connectivity index (χ0v) is 55.9. The molecule has 36 heteroatoms. The maximum atomic E-state index is 14.4. The van der Waals surface area contributed by atoms with Crippen molar-refractivity contribution >= 4 is 74.0 Å². The third-order valence-electron chi connectivity index (χ3n) is 15.8. The molecule has 4 fully saturated rings. The zero-order valence-electron chi connectivity index (χ0n) is 54.1. The number of nitrogens with two attached hydrogens (primary N) is 2. The van der Waals surface area contributed by atoms with Crippen molar-refractivity contribution in [3.05, 3.63) is 109 Å². The van der Waals surface area contributed by atoms with Gasteiger partial charge in [-0.05, 0) is 99.9 Å². The highest BCUT2D eigenvalue weighted by molar-refractivity contribution is 7.52. The van der Waals surface area contributed by atoms with Crippen LogP contribution < -0.4 is 30.7 Å². The number of hydrogen-bond donors (Lipinski definition) is 4. The molecule has 12 atom stereocenters. The Hall–Kier alpha value is -9.18. The van der Waals surface area contributed by atoms with Gasteiger partial charge < -0.3 is 67.9 Å². The van der Waals surface area contributed by atoms with E-state index < -0.39 is 124 Å². The molecule has 34 nitrogen and oxygen atoms in total. The number of carbonyl (C=O) groups excluding carboxylic acids is 6. The number of rotatable bonds is 26. The Labute approximate surface area is 561 Å². The van der Waals surface area contributed by atoms with E-state index in [9.17, 15) is 48.4 Å². The van der Waals surface area contributed by atoms with Crippen LogP contribution in [0.1, 0.15) is 90.8 Å². The molecule has 4 aliphatic rings. The molecule has 0 saturated carbocycles. The number of nitriles is 2. The molecule has 10 rings (SSSR count). The number of ether oxygens (including phenoxy) is 10. The van der Waals surface area contributed by atoms with Crippen LogP contribution in [0.15, 0.2) is 97.6 Å². The highest BCUT2D eigenvalue weighted by Crippen LogP contribution is 2.52. The molecule has 4 aromatic heterocycles. The first-order chi connectivity index (χ1) is 46.9. The maximum Gasteiger partial charge on any atom is 0.459 e. The molecule has 0 unspecified atom stereocenters. The monoisotopic (exact) mass is 1400 g/mol. The predicted octanol–water partition coefficient (Wildman–Crippen LogP) is 5.32.